The van der Waals surface area contributed by atoms with E-state index in [2.05, 4.69) is 21.9 Å². The molecule has 1 aromatic heterocycles. The molecule has 2 N–H and O–H groups in total. The summed E-state index contributed by atoms with van der Waals surface area (Å²) in [6, 6.07) is 0.411. The zero-order chi connectivity index (χ0) is 13.2. The van der Waals surface area contributed by atoms with E-state index in [1.165, 1.54) is 32.8 Å². The first-order valence-electron chi connectivity index (χ1n) is 6.44. The molecule has 0 unspecified atom stereocenters. The zero-order valence-electron chi connectivity index (χ0n) is 11.2. The average Bonchev–Trinajstić information content (AvgIpc) is 2.37. The smallest absolute Gasteiger partial charge is 0.324 e. The molecule has 0 aliphatic heterocycles. The van der Waals surface area contributed by atoms with E-state index in [9.17, 15) is 0 Å². The summed E-state index contributed by atoms with van der Waals surface area (Å²) in [5.74, 6) is 0.111. The van der Waals surface area contributed by atoms with E-state index >= 15 is 0 Å². The average molecular weight is 254 g/mol. The predicted octanol–water partition coefficient (Wildman–Crippen LogP) is 2.20. The molecule has 0 saturated heterocycles. The lowest BCUT2D eigenvalue weighted by Gasteiger charge is -2.05. The number of unbranched alkanes of at least 4 members (excludes halogenated alkanes) is 5. The maximum Gasteiger partial charge on any atom is 0.324 e. The number of nitrogens with two attached hydrogens (primary N) is 1. The maximum atomic E-state index is 5.50. The summed E-state index contributed by atoms with van der Waals surface area (Å²) >= 11 is 0. The van der Waals surface area contributed by atoms with E-state index in [-0.39, 0.29) is 18.0 Å². The minimum absolute atomic E-state index is 0.111. The molecule has 1 rings (SSSR count). The molecule has 6 nitrogen and oxygen atoms in total. The first-order valence-corrected chi connectivity index (χ1v) is 6.44. The van der Waals surface area contributed by atoms with Crippen LogP contribution in [0.4, 0.5) is 5.95 Å². The molecule has 0 aliphatic carbocycles. The minimum Gasteiger partial charge on any atom is -0.467 e. The number of nitrogens with zero attached hydrogens (tertiary/aromatic N) is 3. The van der Waals surface area contributed by atoms with Crippen molar-refractivity contribution in [3.63, 3.8) is 0 Å². The normalized spacial score (nSPS) is 10.3. The molecule has 6 heteroatoms. The molecule has 0 fully saturated rings. The summed E-state index contributed by atoms with van der Waals surface area (Å²) < 4.78 is 10.3. The maximum absolute atomic E-state index is 5.50. The second kappa shape index (κ2) is 8.49. The van der Waals surface area contributed by atoms with Crippen molar-refractivity contribution in [2.24, 2.45) is 0 Å². The number of anilines is 1. The molecular weight excluding hydrogens is 232 g/mol. The van der Waals surface area contributed by atoms with E-state index in [4.69, 9.17) is 15.2 Å². The molecule has 102 valence electrons. The van der Waals surface area contributed by atoms with Gasteiger partial charge in [-0.05, 0) is 6.42 Å². The largest absolute Gasteiger partial charge is 0.467 e. The van der Waals surface area contributed by atoms with Crippen LogP contribution in [-0.4, -0.2) is 28.7 Å². The van der Waals surface area contributed by atoms with Crippen molar-refractivity contribution in [2.75, 3.05) is 19.5 Å². The molecule has 0 atom stereocenters. The Balaban J connectivity index is 2.20. The summed E-state index contributed by atoms with van der Waals surface area (Å²) in [7, 11) is 1.48. The van der Waals surface area contributed by atoms with Gasteiger partial charge < -0.3 is 15.2 Å². The van der Waals surface area contributed by atoms with Crippen LogP contribution >= 0.6 is 0 Å². The van der Waals surface area contributed by atoms with Crippen LogP contribution in [0.5, 0.6) is 12.0 Å². The Morgan fingerprint density at radius 1 is 0.944 bits per heavy atom. The van der Waals surface area contributed by atoms with Gasteiger partial charge in [-0.15, -0.1) is 4.98 Å². The standard InChI is InChI=1S/C12H22N4O2/c1-3-4-5-6-7-8-9-18-12-15-10(13)14-11(16-12)17-2/h3-9H2,1-2H3,(H2,13,14,15,16). The summed E-state index contributed by atoms with van der Waals surface area (Å²) in [5, 5.41) is 0. The second-order valence-corrected chi connectivity index (χ2v) is 4.08. The van der Waals surface area contributed by atoms with E-state index in [1.54, 1.807) is 0 Å². The topological polar surface area (TPSA) is 83.2 Å². The van der Waals surface area contributed by atoms with Gasteiger partial charge in [0.05, 0.1) is 13.7 Å². The Labute approximate surface area is 108 Å². The monoisotopic (exact) mass is 254 g/mol. The molecule has 0 amide bonds. The van der Waals surface area contributed by atoms with Crippen LogP contribution in [0, 0.1) is 0 Å². The highest BCUT2D eigenvalue weighted by molar-refractivity contribution is 5.20. The van der Waals surface area contributed by atoms with Crippen molar-refractivity contribution >= 4 is 5.95 Å². The predicted molar refractivity (Wildman–Crippen MR) is 69.7 cm³/mol. The van der Waals surface area contributed by atoms with E-state index in [0.717, 1.165) is 12.8 Å². The number of ether oxygens (including phenoxy) is 2. The van der Waals surface area contributed by atoms with Crippen LogP contribution in [0.2, 0.25) is 0 Å². The Bertz CT molecular complexity index is 347. The zero-order valence-corrected chi connectivity index (χ0v) is 11.2. The molecule has 0 aliphatic rings. The molecule has 18 heavy (non-hydrogen) atoms. The molecule has 0 bridgehead atoms. The van der Waals surface area contributed by atoms with Crippen LogP contribution in [0.3, 0.4) is 0 Å². The Hall–Kier alpha value is -1.59. The number of hydrogen-bond donors (Lipinski definition) is 1. The van der Waals surface area contributed by atoms with Gasteiger partial charge in [-0.2, -0.15) is 9.97 Å². The molecule has 0 spiro atoms. The minimum atomic E-state index is 0.111. The number of aromatic nitrogens is 3. The second-order valence-electron chi connectivity index (χ2n) is 4.08. The summed E-state index contributed by atoms with van der Waals surface area (Å²) in [4.78, 5) is 11.6. The van der Waals surface area contributed by atoms with Crippen molar-refractivity contribution < 1.29 is 9.47 Å². The van der Waals surface area contributed by atoms with Crippen molar-refractivity contribution in [1.82, 2.24) is 15.0 Å². The van der Waals surface area contributed by atoms with Crippen molar-refractivity contribution in [2.45, 2.75) is 45.4 Å². The van der Waals surface area contributed by atoms with Crippen LogP contribution in [0.15, 0.2) is 0 Å². The Morgan fingerprint density at radius 2 is 1.61 bits per heavy atom. The third-order valence-corrected chi connectivity index (χ3v) is 2.52. The van der Waals surface area contributed by atoms with Gasteiger partial charge in [-0.25, -0.2) is 0 Å². The Kier molecular flexibility index (Phi) is 6.83. The third-order valence-electron chi connectivity index (χ3n) is 2.52. The highest BCUT2D eigenvalue weighted by atomic mass is 16.5. The van der Waals surface area contributed by atoms with E-state index in [1.807, 2.05) is 0 Å². The van der Waals surface area contributed by atoms with Gasteiger partial charge in [0.1, 0.15) is 0 Å². The van der Waals surface area contributed by atoms with E-state index < -0.39 is 0 Å². The van der Waals surface area contributed by atoms with Gasteiger partial charge in [0, 0.05) is 0 Å². The highest BCUT2D eigenvalue weighted by Gasteiger charge is 2.04. The van der Waals surface area contributed by atoms with Crippen LogP contribution in [0.1, 0.15) is 45.4 Å². The Morgan fingerprint density at radius 3 is 2.33 bits per heavy atom. The van der Waals surface area contributed by atoms with Gasteiger partial charge in [-0.3, -0.25) is 0 Å². The van der Waals surface area contributed by atoms with Crippen molar-refractivity contribution in [3.05, 3.63) is 0 Å². The number of rotatable bonds is 9. The summed E-state index contributed by atoms with van der Waals surface area (Å²) in [6.45, 7) is 2.81. The quantitative estimate of drug-likeness (QED) is 0.680. The summed E-state index contributed by atoms with van der Waals surface area (Å²) in [6.07, 6.45) is 7.28. The molecule has 0 radical (unpaired) electrons. The van der Waals surface area contributed by atoms with E-state index in [0.29, 0.717) is 6.61 Å². The lowest BCUT2D eigenvalue weighted by Crippen LogP contribution is -2.06. The van der Waals surface area contributed by atoms with Gasteiger partial charge in [0.25, 0.3) is 0 Å². The molecule has 1 heterocycles. The lowest BCUT2D eigenvalue weighted by atomic mass is 10.1. The number of nitrogen functional groups attached to an aromatic ring is 1. The van der Waals surface area contributed by atoms with Crippen LogP contribution in [-0.2, 0) is 0 Å². The first kappa shape index (κ1) is 14.5. The number of methoxy groups -OCH3 is 1. The van der Waals surface area contributed by atoms with Gasteiger partial charge in [-0.1, -0.05) is 39.0 Å². The fourth-order valence-electron chi connectivity index (χ4n) is 1.55. The fraction of sp³-hybridized carbons (Fsp3) is 0.750. The van der Waals surface area contributed by atoms with Crippen LogP contribution < -0.4 is 15.2 Å². The van der Waals surface area contributed by atoms with Gasteiger partial charge in [0.2, 0.25) is 5.95 Å². The molecule has 0 saturated carbocycles. The van der Waals surface area contributed by atoms with Crippen LogP contribution in [0.25, 0.3) is 0 Å². The molecule has 1 aromatic rings. The SMILES string of the molecule is CCCCCCCCOc1nc(N)nc(OC)n1. The van der Waals surface area contributed by atoms with Gasteiger partial charge in [0.15, 0.2) is 0 Å². The first-order chi connectivity index (χ1) is 8.76. The molecule has 0 aromatic carbocycles. The fourth-order valence-corrected chi connectivity index (χ4v) is 1.55. The van der Waals surface area contributed by atoms with Gasteiger partial charge >= 0.3 is 12.0 Å². The number of hydrogen-bond acceptors (Lipinski definition) is 6. The lowest BCUT2D eigenvalue weighted by molar-refractivity contribution is 0.272. The van der Waals surface area contributed by atoms with Crippen molar-refractivity contribution in [1.29, 1.82) is 0 Å². The summed E-state index contributed by atoms with van der Waals surface area (Å²) in [5.41, 5.74) is 5.50. The third kappa shape index (κ3) is 5.65. The highest BCUT2D eigenvalue weighted by Crippen LogP contribution is 2.11. The van der Waals surface area contributed by atoms with Crippen molar-refractivity contribution in [3.8, 4) is 12.0 Å². The molecular formula is C12H22N4O2.